The molecule has 0 N–H and O–H groups in total. The molecule has 6 nitrogen and oxygen atoms in total. The Kier molecular flexibility index (Phi) is 7.33. The van der Waals surface area contributed by atoms with Crippen molar-refractivity contribution in [2.75, 3.05) is 19.4 Å². The second kappa shape index (κ2) is 9.57. The van der Waals surface area contributed by atoms with Gasteiger partial charge in [-0.1, -0.05) is 37.1 Å². The van der Waals surface area contributed by atoms with Crippen molar-refractivity contribution in [3.05, 3.63) is 53.0 Å². The first-order valence-electron chi connectivity index (χ1n) is 10.2. The van der Waals surface area contributed by atoms with Crippen molar-refractivity contribution in [1.29, 1.82) is 0 Å². The molecule has 29 heavy (non-hydrogen) atoms. The lowest BCUT2D eigenvalue weighted by Crippen LogP contribution is -2.33. The van der Waals surface area contributed by atoms with Crippen LogP contribution in [0.5, 0.6) is 0 Å². The summed E-state index contributed by atoms with van der Waals surface area (Å²) in [5, 5.41) is 5.16. The standard InChI is InChI=1S/C21H29ClN3O3P/c1-4-7-8-18-15-19(25-20(24-18)11-14-23-25)21(12-9-17(22)10-13-21)16-29(26,27-5-2)28-6-3/h9-12,14-15H,4-8,13,16H2,1-3H3. The van der Waals surface area contributed by atoms with Crippen LogP contribution in [-0.4, -0.2) is 34.0 Å². The average Bonchev–Trinajstić information content (AvgIpc) is 3.16. The van der Waals surface area contributed by atoms with Gasteiger partial charge >= 0.3 is 7.60 Å². The van der Waals surface area contributed by atoms with Gasteiger partial charge in [0.15, 0.2) is 5.65 Å². The number of hydrogen-bond donors (Lipinski definition) is 0. The third-order valence-corrected chi connectivity index (χ3v) is 7.59. The first kappa shape index (κ1) is 22.2. The molecule has 1 atom stereocenters. The Morgan fingerprint density at radius 2 is 2.03 bits per heavy atom. The van der Waals surface area contributed by atoms with Crippen molar-refractivity contribution in [1.82, 2.24) is 14.6 Å². The Labute approximate surface area is 177 Å². The molecule has 0 saturated carbocycles. The number of aromatic nitrogens is 3. The number of rotatable bonds is 10. The number of fused-ring (bicyclic) bond motifs is 1. The molecule has 1 aliphatic carbocycles. The van der Waals surface area contributed by atoms with Gasteiger partial charge in [-0.3, -0.25) is 4.57 Å². The maximum Gasteiger partial charge on any atom is 0.331 e. The summed E-state index contributed by atoms with van der Waals surface area (Å²) >= 11 is 6.23. The molecule has 2 aromatic heterocycles. The molecular weight excluding hydrogens is 409 g/mol. The quantitative estimate of drug-likeness (QED) is 0.449. The van der Waals surface area contributed by atoms with E-state index in [9.17, 15) is 4.57 Å². The predicted molar refractivity (Wildman–Crippen MR) is 117 cm³/mol. The fourth-order valence-corrected chi connectivity index (χ4v) is 5.99. The molecule has 3 rings (SSSR count). The zero-order chi connectivity index (χ0) is 20.9. The van der Waals surface area contributed by atoms with E-state index in [0.717, 1.165) is 36.3 Å². The summed E-state index contributed by atoms with van der Waals surface area (Å²) in [7, 11) is -3.32. The Hall–Kier alpha value is -1.46. The van der Waals surface area contributed by atoms with Crippen LogP contribution in [-0.2, 0) is 25.4 Å². The number of halogens is 1. The Bertz CT molecular complexity index is 946. The Morgan fingerprint density at radius 3 is 2.66 bits per heavy atom. The van der Waals surface area contributed by atoms with Crippen LogP contribution < -0.4 is 0 Å². The van der Waals surface area contributed by atoms with Crippen LogP contribution in [0.25, 0.3) is 5.65 Å². The van der Waals surface area contributed by atoms with Gasteiger partial charge in [0.05, 0.1) is 31.3 Å². The molecule has 2 heterocycles. The number of hydrogen-bond acceptors (Lipinski definition) is 5. The van der Waals surface area contributed by atoms with Crippen molar-refractivity contribution < 1.29 is 13.6 Å². The lowest BCUT2D eigenvalue weighted by atomic mass is 9.79. The third-order valence-electron chi connectivity index (χ3n) is 5.06. The summed E-state index contributed by atoms with van der Waals surface area (Å²) < 4.78 is 26.6. The third kappa shape index (κ3) is 5.00. The van der Waals surface area contributed by atoms with Crippen LogP contribution in [0.15, 0.2) is 41.6 Å². The van der Waals surface area contributed by atoms with Gasteiger partial charge in [0.2, 0.25) is 0 Å². The fraction of sp³-hybridized carbons (Fsp3) is 0.524. The fourth-order valence-electron chi connectivity index (χ4n) is 3.72. The molecular formula is C21H29ClN3O3P. The zero-order valence-corrected chi connectivity index (χ0v) is 19.0. The molecule has 0 bridgehead atoms. The molecule has 8 heteroatoms. The van der Waals surface area contributed by atoms with Crippen LogP contribution in [0.3, 0.4) is 0 Å². The second-order valence-electron chi connectivity index (χ2n) is 7.22. The molecule has 158 valence electrons. The second-order valence-corrected chi connectivity index (χ2v) is 9.72. The minimum absolute atomic E-state index is 0.213. The molecule has 0 radical (unpaired) electrons. The van der Waals surface area contributed by atoms with Gasteiger partial charge in [0.25, 0.3) is 0 Å². The highest BCUT2D eigenvalue weighted by Crippen LogP contribution is 2.55. The largest absolute Gasteiger partial charge is 0.331 e. The lowest BCUT2D eigenvalue weighted by Gasteiger charge is -2.35. The van der Waals surface area contributed by atoms with E-state index in [4.69, 9.17) is 25.6 Å². The number of allylic oxidation sites excluding steroid dienone is 4. The van der Waals surface area contributed by atoms with E-state index in [0.29, 0.717) is 24.7 Å². The molecule has 0 fully saturated rings. The van der Waals surface area contributed by atoms with Gasteiger partial charge in [-0.05, 0) is 45.3 Å². The van der Waals surface area contributed by atoms with Gasteiger partial charge in [0.1, 0.15) is 0 Å². The maximum atomic E-state index is 13.5. The normalized spacial score (nSPS) is 19.7. The highest BCUT2D eigenvalue weighted by molar-refractivity contribution is 7.53. The Morgan fingerprint density at radius 1 is 1.28 bits per heavy atom. The van der Waals surface area contributed by atoms with Gasteiger partial charge in [-0.15, -0.1) is 0 Å². The molecule has 0 amide bonds. The van der Waals surface area contributed by atoms with Crippen LogP contribution in [0.2, 0.25) is 0 Å². The van der Waals surface area contributed by atoms with E-state index in [1.807, 2.05) is 42.7 Å². The molecule has 1 unspecified atom stereocenters. The summed E-state index contributed by atoms with van der Waals surface area (Å²) in [5.74, 6) is 0. The van der Waals surface area contributed by atoms with Gasteiger partial charge in [-0.25, -0.2) is 9.50 Å². The average molecular weight is 438 g/mol. The smallest absolute Gasteiger partial charge is 0.309 e. The number of unbranched alkanes of at least 4 members (excludes halogenated alkanes) is 1. The minimum atomic E-state index is -3.32. The minimum Gasteiger partial charge on any atom is -0.309 e. The van der Waals surface area contributed by atoms with Crippen molar-refractivity contribution in [3.8, 4) is 0 Å². The summed E-state index contributed by atoms with van der Waals surface area (Å²) in [5.41, 5.74) is 2.09. The van der Waals surface area contributed by atoms with Crippen molar-refractivity contribution in [2.24, 2.45) is 0 Å². The summed E-state index contributed by atoms with van der Waals surface area (Å²) in [6.07, 6.45) is 11.4. The highest BCUT2D eigenvalue weighted by Gasteiger charge is 2.42. The van der Waals surface area contributed by atoms with Crippen molar-refractivity contribution >= 4 is 24.8 Å². The summed E-state index contributed by atoms with van der Waals surface area (Å²) in [6, 6.07) is 3.97. The van der Waals surface area contributed by atoms with E-state index >= 15 is 0 Å². The van der Waals surface area contributed by atoms with Crippen LogP contribution in [0.1, 0.15) is 51.4 Å². The monoisotopic (exact) mass is 437 g/mol. The first-order valence-corrected chi connectivity index (χ1v) is 12.3. The maximum absolute atomic E-state index is 13.5. The number of aryl methyl sites for hydroxylation is 1. The zero-order valence-electron chi connectivity index (χ0n) is 17.3. The predicted octanol–water partition coefficient (Wildman–Crippen LogP) is 5.66. The van der Waals surface area contributed by atoms with E-state index in [1.54, 1.807) is 6.20 Å². The van der Waals surface area contributed by atoms with Gasteiger partial charge in [0, 0.05) is 22.2 Å². The van der Waals surface area contributed by atoms with Crippen molar-refractivity contribution in [2.45, 2.75) is 51.9 Å². The highest BCUT2D eigenvalue weighted by atomic mass is 35.5. The van der Waals surface area contributed by atoms with Crippen LogP contribution >= 0.6 is 19.2 Å². The van der Waals surface area contributed by atoms with Crippen LogP contribution in [0.4, 0.5) is 0 Å². The molecule has 1 aliphatic rings. The summed E-state index contributed by atoms with van der Waals surface area (Å²) in [4.78, 5) is 4.75. The van der Waals surface area contributed by atoms with E-state index in [2.05, 4.69) is 18.1 Å². The van der Waals surface area contributed by atoms with Crippen LogP contribution in [0, 0.1) is 0 Å². The lowest BCUT2D eigenvalue weighted by molar-refractivity contribution is 0.215. The first-order chi connectivity index (χ1) is 13.9. The van der Waals surface area contributed by atoms with Gasteiger partial charge < -0.3 is 9.05 Å². The molecule has 2 aromatic rings. The molecule has 0 aliphatic heterocycles. The molecule has 0 saturated heterocycles. The summed E-state index contributed by atoms with van der Waals surface area (Å²) in [6.45, 7) is 6.46. The molecule has 0 aromatic carbocycles. The van der Waals surface area contributed by atoms with Gasteiger partial charge in [-0.2, -0.15) is 5.10 Å². The van der Waals surface area contributed by atoms with E-state index in [-0.39, 0.29) is 6.16 Å². The Balaban J connectivity index is 2.14. The van der Waals surface area contributed by atoms with E-state index in [1.165, 1.54) is 0 Å². The molecule has 0 spiro atoms. The topological polar surface area (TPSA) is 65.7 Å². The SMILES string of the molecule is CCCCc1cc(C2(CP(=O)(OCC)OCC)C=CC(Cl)=CC2)n2nccc2n1. The number of nitrogens with zero attached hydrogens (tertiary/aromatic N) is 3. The van der Waals surface area contributed by atoms with E-state index < -0.39 is 13.0 Å². The van der Waals surface area contributed by atoms with Crippen molar-refractivity contribution in [3.63, 3.8) is 0 Å².